The van der Waals surface area contributed by atoms with Crippen molar-refractivity contribution < 1.29 is 31.4 Å². The molecule has 0 heterocycles. The van der Waals surface area contributed by atoms with E-state index >= 15 is 0 Å². The van der Waals surface area contributed by atoms with Crippen molar-refractivity contribution in [3.05, 3.63) is 30.2 Å². The number of alkyl halides is 6. The Kier molecular flexibility index (Phi) is 3.11. The predicted octanol–water partition coefficient (Wildman–Crippen LogP) is 2.93. The van der Waals surface area contributed by atoms with Gasteiger partial charge in [-0.25, -0.2) is 0 Å². The Hall–Kier alpha value is -0.980. The van der Waals surface area contributed by atoms with Gasteiger partial charge in [-0.05, 0) is 18.4 Å². The standard InChI is InChI=1S/C9H7F6O/c10-8(11,12)7(16,9(13,14)15)6-4-2-1-3-5-6/h1-2,4-5,16H,3H2. The molecule has 0 aromatic heterocycles. The van der Waals surface area contributed by atoms with E-state index in [0.29, 0.717) is 12.2 Å². The van der Waals surface area contributed by atoms with Crippen molar-refractivity contribution in [1.29, 1.82) is 0 Å². The van der Waals surface area contributed by atoms with Crippen molar-refractivity contribution in [1.82, 2.24) is 0 Å². The van der Waals surface area contributed by atoms with Gasteiger partial charge in [0.05, 0.1) is 0 Å². The van der Waals surface area contributed by atoms with Crippen LogP contribution in [0.25, 0.3) is 0 Å². The van der Waals surface area contributed by atoms with Crippen LogP contribution in [0.15, 0.2) is 23.8 Å². The molecule has 1 aliphatic rings. The van der Waals surface area contributed by atoms with Gasteiger partial charge in [-0.3, -0.25) is 0 Å². The number of halogens is 6. The molecule has 0 amide bonds. The molecule has 1 nitrogen and oxygen atoms in total. The lowest BCUT2D eigenvalue weighted by atomic mass is 9.88. The van der Waals surface area contributed by atoms with Crippen LogP contribution < -0.4 is 0 Å². The van der Waals surface area contributed by atoms with Gasteiger partial charge >= 0.3 is 12.4 Å². The summed E-state index contributed by atoms with van der Waals surface area (Å²) in [5.41, 5.74) is -6.00. The minimum absolute atomic E-state index is 0.0830. The Morgan fingerprint density at radius 2 is 1.50 bits per heavy atom. The number of hydrogen-bond acceptors (Lipinski definition) is 1. The molecule has 1 N–H and O–H groups in total. The van der Waals surface area contributed by atoms with Crippen LogP contribution in [0.2, 0.25) is 0 Å². The first-order chi connectivity index (χ1) is 7.11. The third-order valence-corrected chi connectivity index (χ3v) is 2.12. The second kappa shape index (κ2) is 3.80. The monoisotopic (exact) mass is 245 g/mol. The fourth-order valence-corrected chi connectivity index (χ4v) is 1.27. The van der Waals surface area contributed by atoms with Crippen molar-refractivity contribution >= 4 is 0 Å². The Balaban J connectivity index is 3.26. The lowest BCUT2D eigenvalue weighted by Crippen LogP contribution is -2.58. The largest absolute Gasteiger partial charge is 0.430 e. The Labute approximate surface area is 87.1 Å². The maximum Gasteiger partial charge on any atom is 0.430 e. The molecule has 7 heteroatoms. The minimum atomic E-state index is -5.81. The quantitative estimate of drug-likeness (QED) is 0.704. The van der Waals surface area contributed by atoms with E-state index in [4.69, 9.17) is 5.11 Å². The molecule has 0 bridgehead atoms. The number of hydrogen-bond donors (Lipinski definition) is 1. The summed E-state index contributed by atoms with van der Waals surface area (Å²) in [5.74, 6) is 0. The van der Waals surface area contributed by atoms with Crippen LogP contribution in [-0.2, 0) is 0 Å². The zero-order chi connectivity index (χ0) is 12.6. The molecule has 0 spiro atoms. The molecule has 1 aliphatic carbocycles. The normalized spacial score (nSPS) is 18.6. The van der Waals surface area contributed by atoms with Gasteiger partial charge in [-0.2, -0.15) is 26.3 Å². The van der Waals surface area contributed by atoms with Crippen molar-refractivity contribution in [2.75, 3.05) is 0 Å². The number of aliphatic hydroxyl groups is 1. The van der Waals surface area contributed by atoms with Crippen LogP contribution in [-0.4, -0.2) is 23.1 Å². The maximum atomic E-state index is 12.3. The van der Waals surface area contributed by atoms with Crippen LogP contribution in [0.1, 0.15) is 6.42 Å². The van der Waals surface area contributed by atoms with Gasteiger partial charge in [0.1, 0.15) is 0 Å². The highest BCUT2D eigenvalue weighted by molar-refractivity contribution is 5.37. The predicted molar refractivity (Wildman–Crippen MR) is 43.2 cm³/mol. The third-order valence-electron chi connectivity index (χ3n) is 2.12. The van der Waals surface area contributed by atoms with Crippen LogP contribution in [0.4, 0.5) is 26.3 Å². The first-order valence-corrected chi connectivity index (χ1v) is 4.17. The van der Waals surface area contributed by atoms with Gasteiger partial charge in [0.25, 0.3) is 5.60 Å². The molecule has 0 fully saturated rings. The fourth-order valence-electron chi connectivity index (χ4n) is 1.27. The van der Waals surface area contributed by atoms with Gasteiger partial charge in [-0.15, -0.1) is 0 Å². The lowest BCUT2D eigenvalue weighted by molar-refractivity contribution is -0.351. The van der Waals surface area contributed by atoms with E-state index < -0.39 is 23.5 Å². The summed E-state index contributed by atoms with van der Waals surface area (Å²) in [6.45, 7) is 0. The van der Waals surface area contributed by atoms with Crippen molar-refractivity contribution in [2.45, 2.75) is 24.4 Å². The van der Waals surface area contributed by atoms with Crippen LogP contribution in [0.5, 0.6) is 0 Å². The molecule has 16 heavy (non-hydrogen) atoms. The average molecular weight is 245 g/mol. The SMILES string of the molecule is OC(C1=CC[CH]C=C1)(C(F)(F)F)C(F)(F)F. The molecule has 0 atom stereocenters. The van der Waals surface area contributed by atoms with Crippen molar-refractivity contribution in [2.24, 2.45) is 0 Å². The molecule has 91 valence electrons. The number of rotatable bonds is 1. The summed E-state index contributed by atoms with van der Waals surface area (Å²) in [6.07, 6.45) is -7.99. The maximum absolute atomic E-state index is 12.3. The van der Waals surface area contributed by atoms with Gasteiger partial charge in [0.2, 0.25) is 0 Å². The minimum Gasteiger partial charge on any atom is -0.370 e. The van der Waals surface area contributed by atoms with E-state index in [1.54, 1.807) is 0 Å². The highest BCUT2D eigenvalue weighted by Gasteiger charge is 2.71. The molecule has 0 aromatic carbocycles. The Bertz CT molecular complexity index is 308. The molecule has 0 saturated carbocycles. The second-order valence-electron chi connectivity index (χ2n) is 3.20. The summed E-state index contributed by atoms with van der Waals surface area (Å²) >= 11 is 0. The van der Waals surface area contributed by atoms with Gasteiger partial charge in [0.15, 0.2) is 0 Å². The second-order valence-corrected chi connectivity index (χ2v) is 3.20. The zero-order valence-electron chi connectivity index (χ0n) is 7.73. The van der Waals surface area contributed by atoms with E-state index in [2.05, 4.69) is 0 Å². The number of allylic oxidation sites excluding steroid dienone is 2. The topological polar surface area (TPSA) is 20.2 Å². The highest BCUT2D eigenvalue weighted by atomic mass is 19.4. The van der Waals surface area contributed by atoms with Gasteiger partial charge in [0, 0.05) is 0 Å². The van der Waals surface area contributed by atoms with E-state index in [9.17, 15) is 26.3 Å². The third kappa shape index (κ3) is 1.95. The molecule has 1 radical (unpaired) electrons. The molecule has 0 aromatic rings. The smallest absolute Gasteiger partial charge is 0.370 e. The zero-order valence-corrected chi connectivity index (χ0v) is 7.73. The average Bonchev–Trinajstić information content (AvgIpc) is 2.14. The summed E-state index contributed by atoms with van der Waals surface area (Å²) in [7, 11) is 0. The lowest BCUT2D eigenvalue weighted by Gasteiger charge is -2.34. The first-order valence-electron chi connectivity index (χ1n) is 4.17. The highest BCUT2D eigenvalue weighted by Crippen LogP contribution is 2.48. The summed E-state index contributed by atoms with van der Waals surface area (Å²) in [5, 5.41) is 8.93. The Morgan fingerprint density at radius 1 is 1.00 bits per heavy atom. The molecule has 0 unspecified atom stereocenters. The van der Waals surface area contributed by atoms with Crippen LogP contribution in [0.3, 0.4) is 0 Å². The van der Waals surface area contributed by atoms with Crippen molar-refractivity contribution in [3.63, 3.8) is 0 Å². The van der Waals surface area contributed by atoms with Crippen LogP contribution >= 0.6 is 0 Å². The van der Waals surface area contributed by atoms with Crippen LogP contribution in [0, 0.1) is 6.42 Å². The fraction of sp³-hybridized carbons (Fsp3) is 0.444. The molecule has 1 rings (SSSR count). The summed E-state index contributed by atoms with van der Waals surface area (Å²) < 4.78 is 74.0. The molecule has 0 aliphatic heterocycles. The van der Waals surface area contributed by atoms with E-state index in [1.165, 1.54) is 6.42 Å². The van der Waals surface area contributed by atoms with E-state index in [0.717, 1.165) is 6.08 Å². The first kappa shape index (κ1) is 13.1. The molecule has 0 saturated heterocycles. The van der Waals surface area contributed by atoms with Gasteiger partial charge in [-0.1, -0.05) is 18.2 Å². The Morgan fingerprint density at radius 3 is 1.81 bits per heavy atom. The van der Waals surface area contributed by atoms with Crippen molar-refractivity contribution in [3.8, 4) is 0 Å². The molecular formula is C9H7F6O. The van der Waals surface area contributed by atoms with E-state index in [-0.39, 0.29) is 6.42 Å². The van der Waals surface area contributed by atoms with Gasteiger partial charge < -0.3 is 5.11 Å². The summed E-state index contributed by atoms with van der Waals surface area (Å²) in [6, 6.07) is 0. The molecular weight excluding hydrogens is 238 g/mol. The summed E-state index contributed by atoms with van der Waals surface area (Å²) in [4.78, 5) is 0. The van der Waals surface area contributed by atoms with E-state index in [1.807, 2.05) is 0 Å².